The summed E-state index contributed by atoms with van der Waals surface area (Å²) in [6.07, 6.45) is 1.75. The van der Waals surface area contributed by atoms with Gasteiger partial charge in [-0.3, -0.25) is 14.8 Å². The summed E-state index contributed by atoms with van der Waals surface area (Å²) in [7, 11) is 1.67. The van der Waals surface area contributed by atoms with Gasteiger partial charge < -0.3 is 9.64 Å². The van der Waals surface area contributed by atoms with Crippen LogP contribution in [-0.4, -0.2) is 64.2 Å². The van der Waals surface area contributed by atoms with Gasteiger partial charge in [0.05, 0.1) is 30.1 Å². The molecule has 0 spiro atoms. The maximum absolute atomic E-state index is 13.0. The molecule has 0 atom stereocenters. The van der Waals surface area contributed by atoms with Gasteiger partial charge in [-0.15, -0.1) is 11.3 Å². The lowest BCUT2D eigenvalue weighted by Crippen LogP contribution is -2.48. The number of nitrogens with one attached hydrogen (secondary N) is 1. The van der Waals surface area contributed by atoms with Crippen molar-refractivity contribution in [1.29, 1.82) is 0 Å². The van der Waals surface area contributed by atoms with Crippen molar-refractivity contribution in [2.45, 2.75) is 6.54 Å². The van der Waals surface area contributed by atoms with E-state index in [1.165, 1.54) is 0 Å². The Hall–Kier alpha value is -3.23. The van der Waals surface area contributed by atoms with E-state index in [0.717, 1.165) is 52.6 Å². The van der Waals surface area contributed by atoms with Crippen LogP contribution in [0.15, 0.2) is 54.0 Å². The predicted octanol–water partition coefficient (Wildman–Crippen LogP) is 3.65. The summed E-state index contributed by atoms with van der Waals surface area (Å²) in [5.74, 6) is 0.904. The number of methoxy groups -OCH3 is 1. The van der Waals surface area contributed by atoms with Gasteiger partial charge >= 0.3 is 0 Å². The number of para-hydroxylation sites is 1. The highest BCUT2D eigenvalue weighted by Crippen LogP contribution is 2.26. The first-order valence-corrected chi connectivity index (χ1v) is 11.1. The Morgan fingerprint density at radius 1 is 1.13 bits per heavy atom. The molecular weight excluding hydrogens is 410 g/mol. The fourth-order valence-corrected chi connectivity index (χ4v) is 4.72. The molecule has 0 saturated carbocycles. The van der Waals surface area contributed by atoms with Crippen LogP contribution >= 0.6 is 11.3 Å². The Labute approximate surface area is 184 Å². The number of fused-ring (bicyclic) bond motifs is 1. The number of hydrogen-bond donors (Lipinski definition) is 1. The van der Waals surface area contributed by atoms with Crippen molar-refractivity contribution in [3.05, 3.63) is 65.3 Å². The summed E-state index contributed by atoms with van der Waals surface area (Å²) >= 11 is 1.66. The van der Waals surface area contributed by atoms with Crippen LogP contribution in [0.25, 0.3) is 21.5 Å². The Morgan fingerprint density at radius 2 is 1.94 bits per heavy atom. The van der Waals surface area contributed by atoms with E-state index in [2.05, 4.69) is 20.5 Å². The fraction of sp³-hybridized carbons (Fsp3) is 0.261. The number of carbonyl (C=O) groups excluding carboxylic acids is 1. The molecule has 1 saturated heterocycles. The van der Waals surface area contributed by atoms with Gasteiger partial charge in [0.15, 0.2) is 0 Å². The number of hydrogen-bond acceptors (Lipinski definition) is 6. The van der Waals surface area contributed by atoms with E-state index in [9.17, 15) is 4.79 Å². The van der Waals surface area contributed by atoms with E-state index in [1.54, 1.807) is 24.6 Å². The first kappa shape index (κ1) is 19.7. The normalized spacial score (nSPS) is 14.8. The van der Waals surface area contributed by atoms with Gasteiger partial charge in [-0.25, -0.2) is 4.98 Å². The van der Waals surface area contributed by atoms with Crippen LogP contribution in [-0.2, 0) is 6.54 Å². The number of ether oxygens (including phenoxy) is 1. The predicted molar refractivity (Wildman–Crippen MR) is 121 cm³/mol. The molecule has 1 fully saturated rings. The molecule has 2 aromatic carbocycles. The lowest BCUT2D eigenvalue weighted by atomic mass is 10.1. The molecule has 1 aliphatic rings. The van der Waals surface area contributed by atoms with E-state index in [0.29, 0.717) is 18.7 Å². The van der Waals surface area contributed by atoms with Gasteiger partial charge in [-0.05, 0) is 30.3 Å². The first-order chi connectivity index (χ1) is 15.2. The van der Waals surface area contributed by atoms with Crippen LogP contribution in [0.2, 0.25) is 0 Å². The van der Waals surface area contributed by atoms with Gasteiger partial charge in [0.2, 0.25) is 0 Å². The number of nitrogens with zero attached hydrogens (tertiary/aromatic N) is 4. The second-order valence-electron chi connectivity index (χ2n) is 7.58. The van der Waals surface area contributed by atoms with Gasteiger partial charge in [0, 0.05) is 49.1 Å². The van der Waals surface area contributed by atoms with Crippen LogP contribution in [0.4, 0.5) is 0 Å². The Kier molecular flexibility index (Phi) is 5.40. The summed E-state index contributed by atoms with van der Waals surface area (Å²) in [4.78, 5) is 22.1. The molecule has 0 unspecified atom stereocenters. The number of aromatic amines is 1. The second kappa shape index (κ2) is 8.49. The summed E-state index contributed by atoms with van der Waals surface area (Å²) in [5.41, 5.74) is 3.66. The molecule has 1 N–H and O–H groups in total. The highest BCUT2D eigenvalue weighted by molar-refractivity contribution is 7.13. The minimum Gasteiger partial charge on any atom is -0.497 e. The van der Waals surface area contributed by atoms with Crippen LogP contribution in [0.5, 0.6) is 5.75 Å². The maximum atomic E-state index is 13.0. The van der Waals surface area contributed by atoms with Crippen LogP contribution in [0.1, 0.15) is 16.1 Å². The van der Waals surface area contributed by atoms with Crippen molar-refractivity contribution in [2.24, 2.45) is 0 Å². The molecule has 5 rings (SSSR count). The Balaban J connectivity index is 1.20. The minimum atomic E-state index is 0.0601. The molecule has 1 aliphatic heterocycles. The molecule has 8 heteroatoms. The first-order valence-electron chi connectivity index (χ1n) is 10.2. The molecule has 1 amide bonds. The van der Waals surface area contributed by atoms with Crippen molar-refractivity contribution in [1.82, 2.24) is 25.0 Å². The van der Waals surface area contributed by atoms with Gasteiger partial charge in [-0.2, -0.15) is 5.10 Å². The summed E-state index contributed by atoms with van der Waals surface area (Å²) < 4.78 is 5.22. The zero-order valence-corrected chi connectivity index (χ0v) is 18.1. The topological polar surface area (TPSA) is 74.3 Å². The number of thiazole rings is 1. The summed E-state index contributed by atoms with van der Waals surface area (Å²) in [6.45, 7) is 3.88. The van der Waals surface area contributed by atoms with E-state index in [-0.39, 0.29) is 5.91 Å². The molecule has 2 aromatic heterocycles. The molecule has 0 aliphatic carbocycles. The monoisotopic (exact) mass is 433 g/mol. The van der Waals surface area contributed by atoms with E-state index >= 15 is 0 Å². The van der Waals surface area contributed by atoms with Gasteiger partial charge in [-0.1, -0.05) is 12.1 Å². The van der Waals surface area contributed by atoms with Crippen molar-refractivity contribution in [3.63, 3.8) is 0 Å². The van der Waals surface area contributed by atoms with Crippen LogP contribution in [0, 0.1) is 0 Å². The van der Waals surface area contributed by atoms with Gasteiger partial charge in [0.25, 0.3) is 5.91 Å². The molecule has 3 heterocycles. The Morgan fingerprint density at radius 3 is 2.71 bits per heavy atom. The average molecular weight is 434 g/mol. The quantitative estimate of drug-likeness (QED) is 0.520. The van der Waals surface area contributed by atoms with Crippen LogP contribution in [0.3, 0.4) is 0 Å². The number of rotatable bonds is 5. The average Bonchev–Trinajstić information content (AvgIpc) is 3.49. The number of amides is 1. The SMILES string of the molecule is COc1ccc(-c2nc(CN3CCN(C(=O)c4cccc5cn[nH]c45)CC3)cs2)cc1. The standard InChI is InChI=1S/C23H23N5O2S/c1-30-19-7-5-16(6-8-19)22-25-18(15-31-22)14-27-9-11-28(12-10-27)23(29)20-4-2-3-17-13-24-26-21(17)20/h2-8,13,15H,9-12,14H2,1H3,(H,24,26). The highest BCUT2D eigenvalue weighted by atomic mass is 32.1. The summed E-state index contributed by atoms with van der Waals surface area (Å²) in [5, 5.41) is 11.1. The lowest BCUT2D eigenvalue weighted by molar-refractivity contribution is 0.0629. The number of H-pyrrole nitrogens is 1. The van der Waals surface area contributed by atoms with Gasteiger partial charge in [0.1, 0.15) is 10.8 Å². The van der Waals surface area contributed by atoms with Crippen molar-refractivity contribution < 1.29 is 9.53 Å². The Bertz CT molecular complexity index is 1190. The lowest BCUT2D eigenvalue weighted by Gasteiger charge is -2.34. The molecule has 0 bridgehead atoms. The fourth-order valence-electron chi connectivity index (χ4n) is 3.90. The van der Waals surface area contributed by atoms with Crippen molar-refractivity contribution >= 4 is 28.1 Å². The largest absolute Gasteiger partial charge is 0.497 e. The maximum Gasteiger partial charge on any atom is 0.256 e. The number of aromatic nitrogens is 3. The molecule has 0 radical (unpaired) electrons. The third kappa shape index (κ3) is 4.04. The zero-order valence-electron chi connectivity index (χ0n) is 17.2. The number of carbonyl (C=O) groups is 1. The minimum absolute atomic E-state index is 0.0601. The number of piperazine rings is 1. The number of benzene rings is 2. The highest BCUT2D eigenvalue weighted by Gasteiger charge is 2.24. The second-order valence-corrected chi connectivity index (χ2v) is 8.44. The zero-order chi connectivity index (χ0) is 21.2. The molecule has 4 aromatic rings. The summed E-state index contributed by atoms with van der Waals surface area (Å²) in [6, 6.07) is 13.7. The molecule has 7 nitrogen and oxygen atoms in total. The third-order valence-electron chi connectivity index (χ3n) is 5.64. The third-order valence-corrected chi connectivity index (χ3v) is 6.58. The van der Waals surface area contributed by atoms with Crippen molar-refractivity contribution in [2.75, 3.05) is 33.3 Å². The molecule has 158 valence electrons. The van der Waals surface area contributed by atoms with E-state index in [1.807, 2.05) is 47.4 Å². The van der Waals surface area contributed by atoms with Crippen molar-refractivity contribution in [3.8, 4) is 16.3 Å². The smallest absolute Gasteiger partial charge is 0.256 e. The molecule has 31 heavy (non-hydrogen) atoms. The van der Waals surface area contributed by atoms with E-state index in [4.69, 9.17) is 9.72 Å². The van der Waals surface area contributed by atoms with Crippen LogP contribution < -0.4 is 4.74 Å². The van der Waals surface area contributed by atoms with E-state index < -0.39 is 0 Å². The molecular formula is C23H23N5O2S.